The van der Waals surface area contributed by atoms with E-state index in [0.717, 1.165) is 17.0 Å². The van der Waals surface area contributed by atoms with Crippen LogP contribution >= 0.6 is 11.6 Å². The minimum Gasteiger partial charge on any atom is -0.340 e. The molecule has 19 heavy (non-hydrogen) atoms. The molecule has 0 aromatic heterocycles. The van der Waals surface area contributed by atoms with Gasteiger partial charge in [-0.2, -0.15) is 0 Å². The molecule has 1 unspecified atom stereocenters. The first-order valence-electron chi connectivity index (χ1n) is 5.46. The molecule has 1 N–H and O–H groups in total. The number of halogens is 2. The van der Waals surface area contributed by atoms with Crippen molar-refractivity contribution in [3.8, 4) is 0 Å². The molecule has 5 nitrogen and oxygen atoms in total. The number of benzene rings is 1. The quantitative estimate of drug-likeness (QED) is 0.823. The molecule has 3 amide bonds. The van der Waals surface area contributed by atoms with Gasteiger partial charge in [0.05, 0.1) is 12.0 Å². The number of hydrogen-bond donors (Lipinski definition) is 1. The van der Waals surface area contributed by atoms with Gasteiger partial charge in [0, 0.05) is 12.1 Å². The number of nitrogens with one attached hydrogen (secondary N) is 1. The first-order chi connectivity index (χ1) is 8.90. The van der Waals surface area contributed by atoms with Crippen molar-refractivity contribution in [1.82, 2.24) is 10.2 Å². The average molecular weight is 285 g/mol. The van der Waals surface area contributed by atoms with Crippen molar-refractivity contribution in [3.05, 3.63) is 34.6 Å². The lowest BCUT2D eigenvalue weighted by molar-refractivity contribution is -0.137. The van der Waals surface area contributed by atoms with Crippen LogP contribution in [0.2, 0.25) is 5.02 Å². The summed E-state index contributed by atoms with van der Waals surface area (Å²) >= 11 is 5.68. The molecule has 1 heterocycles. The second-order valence-corrected chi connectivity index (χ2v) is 4.58. The Morgan fingerprint density at radius 1 is 1.47 bits per heavy atom. The van der Waals surface area contributed by atoms with Gasteiger partial charge in [0.25, 0.3) is 11.8 Å². The summed E-state index contributed by atoms with van der Waals surface area (Å²) in [6.45, 7) is 0. The van der Waals surface area contributed by atoms with Crippen LogP contribution in [0.15, 0.2) is 18.2 Å². The highest BCUT2D eigenvalue weighted by molar-refractivity contribution is 6.31. The maximum Gasteiger partial charge on any atom is 0.254 e. The molecule has 0 bridgehead atoms. The molecule has 1 saturated heterocycles. The minimum absolute atomic E-state index is 0.122. The lowest BCUT2D eigenvalue weighted by Crippen LogP contribution is -2.40. The van der Waals surface area contributed by atoms with Crippen LogP contribution < -0.4 is 5.32 Å². The largest absolute Gasteiger partial charge is 0.340 e. The van der Waals surface area contributed by atoms with E-state index in [-0.39, 0.29) is 22.9 Å². The summed E-state index contributed by atoms with van der Waals surface area (Å²) in [6.07, 6.45) is -0.122. The molecule has 0 aliphatic carbocycles. The fourth-order valence-corrected chi connectivity index (χ4v) is 1.95. The van der Waals surface area contributed by atoms with E-state index in [1.165, 1.54) is 13.1 Å². The second kappa shape index (κ2) is 4.97. The summed E-state index contributed by atoms with van der Waals surface area (Å²) in [7, 11) is 1.33. The molecule has 1 aromatic rings. The third-order valence-electron chi connectivity index (χ3n) is 2.86. The van der Waals surface area contributed by atoms with Crippen LogP contribution in [0.5, 0.6) is 0 Å². The van der Waals surface area contributed by atoms with E-state index in [1.54, 1.807) is 0 Å². The maximum absolute atomic E-state index is 13.5. The van der Waals surface area contributed by atoms with Crippen molar-refractivity contribution in [2.75, 3.05) is 7.05 Å². The van der Waals surface area contributed by atoms with Crippen LogP contribution in [-0.2, 0) is 9.59 Å². The van der Waals surface area contributed by atoms with Crippen molar-refractivity contribution in [2.24, 2.45) is 0 Å². The Morgan fingerprint density at radius 3 is 2.74 bits per heavy atom. The van der Waals surface area contributed by atoms with Crippen molar-refractivity contribution in [1.29, 1.82) is 0 Å². The lowest BCUT2D eigenvalue weighted by Gasteiger charge is -2.11. The van der Waals surface area contributed by atoms with Crippen LogP contribution in [0.4, 0.5) is 4.39 Å². The van der Waals surface area contributed by atoms with Crippen molar-refractivity contribution < 1.29 is 18.8 Å². The number of carbonyl (C=O) groups is 3. The van der Waals surface area contributed by atoms with Crippen LogP contribution in [0, 0.1) is 5.82 Å². The van der Waals surface area contributed by atoms with Gasteiger partial charge >= 0.3 is 0 Å². The summed E-state index contributed by atoms with van der Waals surface area (Å²) in [5.74, 6) is -2.42. The molecule has 1 atom stereocenters. The smallest absolute Gasteiger partial charge is 0.254 e. The van der Waals surface area contributed by atoms with E-state index < -0.39 is 23.7 Å². The van der Waals surface area contributed by atoms with Crippen molar-refractivity contribution >= 4 is 29.3 Å². The van der Waals surface area contributed by atoms with Gasteiger partial charge in [0.1, 0.15) is 11.9 Å². The van der Waals surface area contributed by atoms with E-state index >= 15 is 0 Å². The molecule has 7 heteroatoms. The number of rotatable bonds is 2. The zero-order chi connectivity index (χ0) is 14.2. The highest BCUT2D eigenvalue weighted by Crippen LogP contribution is 2.16. The minimum atomic E-state index is -0.955. The van der Waals surface area contributed by atoms with Gasteiger partial charge in [-0.05, 0) is 18.2 Å². The third kappa shape index (κ3) is 2.58. The summed E-state index contributed by atoms with van der Waals surface area (Å²) in [6, 6.07) is 2.58. The van der Waals surface area contributed by atoms with Crippen LogP contribution in [-0.4, -0.2) is 35.7 Å². The van der Waals surface area contributed by atoms with Crippen molar-refractivity contribution in [3.63, 3.8) is 0 Å². The number of hydrogen-bond acceptors (Lipinski definition) is 3. The number of nitrogens with zero attached hydrogens (tertiary/aromatic N) is 1. The Balaban J connectivity index is 2.16. The van der Waals surface area contributed by atoms with Gasteiger partial charge in [-0.25, -0.2) is 4.39 Å². The zero-order valence-electron chi connectivity index (χ0n) is 9.94. The van der Waals surface area contributed by atoms with E-state index in [2.05, 4.69) is 5.32 Å². The average Bonchev–Trinajstić information content (AvgIpc) is 2.60. The first-order valence-corrected chi connectivity index (χ1v) is 5.84. The Kier molecular flexibility index (Phi) is 3.53. The molecule has 0 spiro atoms. The SMILES string of the molecule is CN1C(=O)CC(NC(=O)c2cc(Cl)ccc2F)C1=O. The molecule has 1 fully saturated rings. The Morgan fingerprint density at radius 2 is 2.16 bits per heavy atom. The molecule has 1 aliphatic rings. The predicted molar refractivity (Wildman–Crippen MR) is 65.1 cm³/mol. The second-order valence-electron chi connectivity index (χ2n) is 4.15. The van der Waals surface area contributed by atoms with Crippen molar-refractivity contribution in [2.45, 2.75) is 12.5 Å². The molecule has 100 valence electrons. The fourth-order valence-electron chi connectivity index (χ4n) is 1.78. The zero-order valence-corrected chi connectivity index (χ0v) is 10.7. The van der Waals surface area contributed by atoms with Gasteiger partial charge in [-0.15, -0.1) is 0 Å². The highest BCUT2D eigenvalue weighted by Gasteiger charge is 2.37. The van der Waals surface area contributed by atoms with Gasteiger partial charge in [-0.1, -0.05) is 11.6 Å². The number of amides is 3. The van der Waals surface area contributed by atoms with E-state index in [1.807, 2.05) is 0 Å². The maximum atomic E-state index is 13.5. The normalized spacial score (nSPS) is 18.9. The number of imide groups is 1. The topological polar surface area (TPSA) is 66.5 Å². The van der Waals surface area contributed by atoms with Gasteiger partial charge in [-0.3, -0.25) is 19.3 Å². The molecular weight excluding hydrogens is 275 g/mol. The van der Waals surface area contributed by atoms with E-state index in [4.69, 9.17) is 11.6 Å². The Hall–Kier alpha value is -1.95. The molecule has 1 aliphatic heterocycles. The summed E-state index contributed by atoms with van der Waals surface area (Å²) < 4.78 is 13.5. The molecule has 0 radical (unpaired) electrons. The summed E-state index contributed by atoms with van der Waals surface area (Å²) in [5.41, 5.74) is -0.262. The standard InChI is InChI=1S/C12H10ClFN2O3/c1-16-10(17)5-9(12(16)19)15-11(18)7-4-6(13)2-3-8(7)14/h2-4,9H,5H2,1H3,(H,15,18). The summed E-state index contributed by atoms with van der Waals surface area (Å²) in [4.78, 5) is 35.7. The van der Waals surface area contributed by atoms with E-state index in [0.29, 0.717) is 0 Å². The third-order valence-corrected chi connectivity index (χ3v) is 3.09. The Labute approximate surface area is 113 Å². The Bertz CT molecular complexity index is 576. The molecular formula is C12H10ClFN2O3. The monoisotopic (exact) mass is 284 g/mol. The fraction of sp³-hybridized carbons (Fsp3) is 0.250. The van der Waals surface area contributed by atoms with Crippen LogP contribution in [0.1, 0.15) is 16.8 Å². The van der Waals surface area contributed by atoms with Gasteiger partial charge in [0.15, 0.2) is 0 Å². The van der Waals surface area contributed by atoms with Crippen LogP contribution in [0.3, 0.4) is 0 Å². The highest BCUT2D eigenvalue weighted by atomic mass is 35.5. The first kappa shape index (κ1) is 13.5. The summed E-state index contributed by atoms with van der Waals surface area (Å²) in [5, 5.41) is 2.53. The number of likely N-dealkylation sites (N-methyl/N-ethyl adjacent to an activating group) is 1. The lowest BCUT2D eigenvalue weighted by atomic mass is 10.1. The number of likely N-dealkylation sites (tertiary alicyclic amines) is 1. The van der Waals surface area contributed by atoms with Gasteiger partial charge < -0.3 is 5.32 Å². The van der Waals surface area contributed by atoms with E-state index in [9.17, 15) is 18.8 Å². The van der Waals surface area contributed by atoms with Crippen LogP contribution in [0.25, 0.3) is 0 Å². The predicted octanol–water partition coefficient (Wildman–Crippen LogP) is 0.966. The number of carbonyl (C=O) groups excluding carboxylic acids is 3. The van der Waals surface area contributed by atoms with Gasteiger partial charge in [0.2, 0.25) is 5.91 Å². The molecule has 2 rings (SSSR count). The molecule has 1 aromatic carbocycles. The molecule has 0 saturated carbocycles.